The zero-order valence-corrected chi connectivity index (χ0v) is 12.1. The lowest BCUT2D eigenvalue weighted by Gasteiger charge is -2.16. The van der Waals surface area contributed by atoms with Gasteiger partial charge in [-0.2, -0.15) is 8.78 Å². The number of carboxylic acid groups (broad SMARTS) is 1. The van der Waals surface area contributed by atoms with E-state index in [0.717, 1.165) is 12.1 Å². The predicted molar refractivity (Wildman–Crippen MR) is 70.7 cm³/mol. The highest BCUT2D eigenvalue weighted by Gasteiger charge is 2.22. The van der Waals surface area contributed by atoms with E-state index in [4.69, 9.17) is 14.6 Å². The molecule has 122 valence electrons. The second kappa shape index (κ2) is 7.43. The maximum absolute atomic E-state index is 12.4. The molecule has 1 amide bonds. The summed E-state index contributed by atoms with van der Waals surface area (Å²) in [6.07, 6.45) is 0. The van der Waals surface area contributed by atoms with Crippen LogP contribution in [0.15, 0.2) is 12.1 Å². The van der Waals surface area contributed by atoms with Crippen LogP contribution in [0.3, 0.4) is 0 Å². The van der Waals surface area contributed by atoms with Crippen LogP contribution in [-0.2, 0) is 4.79 Å². The van der Waals surface area contributed by atoms with Crippen molar-refractivity contribution in [2.75, 3.05) is 14.2 Å². The van der Waals surface area contributed by atoms with Gasteiger partial charge in [0, 0.05) is 5.56 Å². The molecular weight excluding hydrogens is 304 g/mol. The molecule has 0 aromatic heterocycles. The van der Waals surface area contributed by atoms with Gasteiger partial charge in [-0.3, -0.25) is 9.59 Å². The number of rotatable bonds is 7. The van der Waals surface area contributed by atoms with Crippen LogP contribution in [0.2, 0.25) is 0 Å². The summed E-state index contributed by atoms with van der Waals surface area (Å²) in [6, 6.07) is 1.16. The Labute approximate surface area is 124 Å². The van der Waals surface area contributed by atoms with Gasteiger partial charge in [0.05, 0.1) is 14.2 Å². The van der Waals surface area contributed by atoms with Crippen molar-refractivity contribution in [3.8, 4) is 17.2 Å². The van der Waals surface area contributed by atoms with Crippen molar-refractivity contribution in [3.05, 3.63) is 17.7 Å². The van der Waals surface area contributed by atoms with Crippen molar-refractivity contribution in [2.24, 2.45) is 0 Å². The highest BCUT2D eigenvalue weighted by atomic mass is 19.3. The Morgan fingerprint density at radius 3 is 2.05 bits per heavy atom. The third-order valence-electron chi connectivity index (χ3n) is 2.65. The van der Waals surface area contributed by atoms with E-state index in [1.165, 1.54) is 21.1 Å². The molecule has 0 spiro atoms. The molecule has 0 aliphatic carbocycles. The van der Waals surface area contributed by atoms with E-state index in [9.17, 15) is 18.4 Å². The number of carboxylic acids is 1. The minimum Gasteiger partial charge on any atom is -0.493 e. The minimum atomic E-state index is -3.10. The predicted octanol–water partition coefficient (Wildman–Crippen LogP) is 1.51. The maximum Gasteiger partial charge on any atom is 0.387 e. The summed E-state index contributed by atoms with van der Waals surface area (Å²) < 4.78 is 38.9. The van der Waals surface area contributed by atoms with E-state index in [2.05, 4.69) is 10.1 Å². The number of benzene rings is 1. The van der Waals surface area contributed by atoms with E-state index < -0.39 is 24.5 Å². The van der Waals surface area contributed by atoms with Crippen molar-refractivity contribution in [3.63, 3.8) is 0 Å². The van der Waals surface area contributed by atoms with E-state index in [0.29, 0.717) is 0 Å². The minimum absolute atomic E-state index is 0.0246. The average molecular weight is 319 g/mol. The Bertz CT molecular complexity index is 538. The first-order valence-electron chi connectivity index (χ1n) is 6.04. The van der Waals surface area contributed by atoms with Gasteiger partial charge in [0.15, 0.2) is 11.5 Å². The normalized spacial score (nSPS) is 11.7. The molecule has 1 aromatic rings. The maximum atomic E-state index is 12.4. The van der Waals surface area contributed by atoms with Gasteiger partial charge >= 0.3 is 12.6 Å². The summed E-state index contributed by atoms with van der Waals surface area (Å²) in [6.45, 7) is -1.82. The monoisotopic (exact) mass is 319 g/mol. The molecule has 0 fully saturated rings. The average Bonchev–Trinajstić information content (AvgIpc) is 2.46. The number of methoxy groups -OCH3 is 2. The second-order valence-electron chi connectivity index (χ2n) is 4.12. The van der Waals surface area contributed by atoms with Crippen molar-refractivity contribution in [1.82, 2.24) is 5.32 Å². The number of carbonyl (C=O) groups excluding carboxylic acids is 1. The molecule has 9 heteroatoms. The standard InChI is InChI=1S/C13H15F2NO6/c1-6(12(18)19)16-11(17)7-4-8(20-2)10(22-13(14)15)9(5-7)21-3/h4-6,13H,1-3H3,(H,16,17)(H,18,19)/t6-/m0/s1. The van der Waals surface area contributed by atoms with Crippen LogP contribution in [0.1, 0.15) is 17.3 Å². The fraction of sp³-hybridized carbons (Fsp3) is 0.385. The van der Waals surface area contributed by atoms with E-state index in [1.807, 2.05) is 0 Å². The number of alkyl halides is 2. The van der Waals surface area contributed by atoms with Crippen LogP contribution in [0.5, 0.6) is 17.2 Å². The quantitative estimate of drug-likeness (QED) is 0.791. The van der Waals surface area contributed by atoms with Gasteiger partial charge in [-0.05, 0) is 19.1 Å². The Morgan fingerprint density at radius 2 is 1.68 bits per heavy atom. The summed E-state index contributed by atoms with van der Waals surface area (Å²) >= 11 is 0. The lowest BCUT2D eigenvalue weighted by molar-refractivity contribution is -0.138. The van der Waals surface area contributed by atoms with Gasteiger partial charge in [0.25, 0.3) is 5.91 Å². The van der Waals surface area contributed by atoms with Crippen molar-refractivity contribution in [1.29, 1.82) is 0 Å². The van der Waals surface area contributed by atoms with E-state index in [-0.39, 0.29) is 22.8 Å². The molecule has 1 rings (SSSR count). The summed E-state index contributed by atoms with van der Waals surface area (Å²) in [5, 5.41) is 11.0. The summed E-state index contributed by atoms with van der Waals surface area (Å²) in [5.41, 5.74) is -0.0246. The largest absolute Gasteiger partial charge is 0.493 e. The molecule has 0 bridgehead atoms. The SMILES string of the molecule is COc1cc(C(=O)N[C@@H](C)C(=O)O)cc(OC)c1OC(F)F. The van der Waals surface area contributed by atoms with Gasteiger partial charge in [-0.15, -0.1) is 0 Å². The number of hydrogen-bond acceptors (Lipinski definition) is 5. The Kier molecular flexibility index (Phi) is 5.90. The molecular formula is C13H15F2NO6. The van der Waals surface area contributed by atoms with E-state index >= 15 is 0 Å². The number of ether oxygens (including phenoxy) is 3. The van der Waals surface area contributed by atoms with Crippen molar-refractivity contribution < 1.29 is 37.7 Å². The van der Waals surface area contributed by atoms with Crippen LogP contribution in [0.4, 0.5) is 8.78 Å². The van der Waals surface area contributed by atoms with Gasteiger partial charge in [0.2, 0.25) is 5.75 Å². The number of halogens is 2. The smallest absolute Gasteiger partial charge is 0.387 e. The van der Waals surface area contributed by atoms with Crippen molar-refractivity contribution in [2.45, 2.75) is 19.6 Å². The third kappa shape index (κ3) is 4.21. The van der Waals surface area contributed by atoms with Crippen molar-refractivity contribution >= 4 is 11.9 Å². The molecule has 0 aliphatic heterocycles. The molecule has 0 aliphatic rings. The first kappa shape index (κ1) is 17.5. The molecule has 0 saturated heterocycles. The third-order valence-corrected chi connectivity index (χ3v) is 2.65. The van der Waals surface area contributed by atoms with Gasteiger partial charge in [0.1, 0.15) is 6.04 Å². The molecule has 2 N–H and O–H groups in total. The molecule has 0 heterocycles. The second-order valence-corrected chi connectivity index (χ2v) is 4.12. The fourth-order valence-corrected chi connectivity index (χ4v) is 1.56. The van der Waals surface area contributed by atoms with Crippen LogP contribution in [0.25, 0.3) is 0 Å². The summed E-state index contributed by atoms with van der Waals surface area (Å²) in [5.74, 6) is -2.59. The van der Waals surface area contributed by atoms with E-state index in [1.54, 1.807) is 0 Å². The molecule has 1 atom stereocenters. The zero-order valence-electron chi connectivity index (χ0n) is 12.1. The highest BCUT2D eigenvalue weighted by Crippen LogP contribution is 2.39. The summed E-state index contributed by atoms with van der Waals surface area (Å²) in [4.78, 5) is 22.7. The highest BCUT2D eigenvalue weighted by molar-refractivity contribution is 5.97. The molecule has 7 nitrogen and oxygen atoms in total. The lowest BCUT2D eigenvalue weighted by Crippen LogP contribution is -2.38. The van der Waals surface area contributed by atoms with Crippen LogP contribution >= 0.6 is 0 Å². The Hall–Kier alpha value is -2.58. The number of carbonyl (C=O) groups is 2. The number of nitrogens with one attached hydrogen (secondary N) is 1. The van der Waals surface area contributed by atoms with Crippen LogP contribution < -0.4 is 19.5 Å². The molecule has 0 radical (unpaired) electrons. The number of aliphatic carboxylic acids is 1. The van der Waals surface area contributed by atoms with Crippen LogP contribution in [-0.4, -0.2) is 43.9 Å². The summed E-state index contributed by atoms with van der Waals surface area (Å²) in [7, 11) is 2.41. The van der Waals surface area contributed by atoms with Gasteiger partial charge < -0.3 is 24.6 Å². The van der Waals surface area contributed by atoms with Gasteiger partial charge in [-0.1, -0.05) is 0 Å². The first-order valence-corrected chi connectivity index (χ1v) is 6.04. The molecule has 0 saturated carbocycles. The first-order chi connectivity index (χ1) is 10.3. The zero-order chi connectivity index (χ0) is 16.9. The fourth-order valence-electron chi connectivity index (χ4n) is 1.56. The number of amides is 1. The Balaban J connectivity index is 3.17. The molecule has 1 aromatic carbocycles. The lowest BCUT2D eigenvalue weighted by atomic mass is 10.1. The Morgan fingerprint density at radius 1 is 1.18 bits per heavy atom. The van der Waals surface area contributed by atoms with Gasteiger partial charge in [-0.25, -0.2) is 0 Å². The topological polar surface area (TPSA) is 94.1 Å². The number of hydrogen-bond donors (Lipinski definition) is 2. The van der Waals surface area contributed by atoms with Crippen LogP contribution in [0, 0.1) is 0 Å². The molecule has 22 heavy (non-hydrogen) atoms. The molecule has 0 unspecified atom stereocenters.